The normalized spacial score (nSPS) is 22.1. The Morgan fingerprint density at radius 1 is 1.10 bits per heavy atom. The molecule has 21 heavy (non-hydrogen) atoms. The van der Waals surface area contributed by atoms with Crippen molar-refractivity contribution in [2.24, 2.45) is 0 Å². The molecule has 3 rings (SSSR count). The molecule has 2 aromatic rings. The molecule has 0 spiro atoms. The summed E-state index contributed by atoms with van der Waals surface area (Å²) >= 11 is 0. The van der Waals surface area contributed by atoms with E-state index in [2.05, 4.69) is 15.4 Å². The summed E-state index contributed by atoms with van der Waals surface area (Å²) < 4.78 is 1.64. The first-order valence-corrected chi connectivity index (χ1v) is 7.49. The predicted molar refractivity (Wildman–Crippen MR) is 80.9 cm³/mol. The van der Waals surface area contributed by atoms with E-state index in [4.69, 9.17) is 0 Å². The fourth-order valence-corrected chi connectivity index (χ4v) is 2.93. The standard InChI is InChI=1S/C16H20N4O/c21-16-2-1-9-19-20(16)15-5-3-14(4-6-15)18-12-13-7-10-17-11-8-13/h1-2,7-11,14-15,18H,3-6,12H2. The van der Waals surface area contributed by atoms with Gasteiger partial charge in [-0.1, -0.05) is 0 Å². The summed E-state index contributed by atoms with van der Waals surface area (Å²) in [5.41, 5.74) is 1.26. The molecule has 5 heteroatoms. The van der Waals surface area contributed by atoms with Crippen molar-refractivity contribution in [1.82, 2.24) is 20.1 Å². The van der Waals surface area contributed by atoms with Crippen LogP contribution in [-0.2, 0) is 6.54 Å². The lowest BCUT2D eigenvalue weighted by Crippen LogP contribution is -2.36. The largest absolute Gasteiger partial charge is 0.310 e. The second-order valence-electron chi connectivity index (χ2n) is 5.55. The van der Waals surface area contributed by atoms with Gasteiger partial charge in [0, 0.05) is 37.2 Å². The fraction of sp³-hybridized carbons (Fsp3) is 0.438. The molecule has 0 amide bonds. The highest BCUT2D eigenvalue weighted by molar-refractivity contribution is 5.09. The van der Waals surface area contributed by atoms with Crippen molar-refractivity contribution < 1.29 is 0 Å². The zero-order chi connectivity index (χ0) is 14.5. The summed E-state index contributed by atoms with van der Waals surface area (Å²) in [6.07, 6.45) is 9.51. The second-order valence-corrected chi connectivity index (χ2v) is 5.55. The molecule has 1 saturated carbocycles. The molecule has 110 valence electrons. The number of hydrogen-bond acceptors (Lipinski definition) is 4. The number of rotatable bonds is 4. The lowest BCUT2D eigenvalue weighted by atomic mass is 9.91. The molecule has 1 aliphatic carbocycles. The summed E-state index contributed by atoms with van der Waals surface area (Å²) in [6, 6.07) is 8.12. The van der Waals surface area contributed by atoms with Gasteiger partial charge in [-0.2, -0.15) is 5.10 Å². The maximum atomic E-state index is 11.8. The SMILES string of the molecule is O=c1cccnn1C1CCC(NCc2ccncc2)CC1. The van der Waals surface area contributed by atoms with Crippen molar-refractivity contribution in [3.63, 3.8) is 0 Å². The van der Waals surface area contributed by atoms with Crippen LogP contribution in [0, 0.1) is 0 Å². The summed E-state index contributed by atoms with van der Waals surface area (Å²) in [5.74, 6) is 0. The Balaban J connectivity index is 1.51. The van der Waals surface area contributed by atoms with Crippen molar-refractivity contribution in [2.45, 2.75) is 44.3 Å². The van der Waals surface area contributed by atoms with Crippen LogP contribution in [0.1, 0.15) is 37.3 Å². The van der Waals surface area contributed by atoms with E-state index in [1.807, 2.05) is 24.5 Å². The Labute approximate surface area is 124 Å². The summed E-state index contributed by atoms with van der Waals surface area (Å²) in [5, 5.41) is 7.79. The number of pyridine rings is 1. The molecule has 5 nitrogen and oxygen atoms in total. The molecule has 2 heterocycles. The van der Waals surface area contributed by atoms with Gasteiger partial charge in [0.1, 0.15) is 0 Å². The lowest BCUT2D eigenvalue weighted by Gasteiger charge is -2.29. The Kier molecular flexibility index (Phi) is 4.40. The van der Waals surface area contributed by atoms with Gasteiger partial charge in [0.05, 0.1) is 6.04 Å². The average Bonchev–Trinajstić information content (AvgIpc) is 2.55. The van der Waals surface area contributed by atoms with Crippen molar-refractivity contribution in [2.75, 3.05) is 0 Å². The highest BCUT2D eigenvalue weighted by Crippen LogP contribution is 2.26. The van der Waals surface area contributed by atoms with Gasteiger partial charge in [0.2, 0.25) is 0 Å². The van der Waals surface area contributed by atoms with Crippen LogP contribution in [-0.4, -0.2) is 20.8 Å². The molecule has 0 radical (unpaired) electrons. The first-order valence-electron chi connectivity index (χ1n) is 7.49. The average molecular weight is 284 g/mol. The van der Waals surface area contributed by atoms with E-state index in [-0.39, 0.29) is 11.6 Å². The first-order chi connectivity index (χ1) is 10.3. The van der Waals surface area contributed by atoms with Crippen molar-refractivity contribution in [3.8, 4) is 0 Å². The highest BCUT2D eigenvalue weighted by Gasteiger charge is 2.23. The Morgan fingerprint density at radius 2 is 1.86 bits per heavy atom. The lowest BCUT2D eigenvalue weighted by molar-refractivity contribution is 0.268. The summed E-state index contributed by atoms with van der Waals surface area (Å²) in [7, 11) is 0. The van der Waals surface area contributed by atoms with Crippen LogP contribution in [0.4, 0.5) is 0 Å². The van der Waals surface area contributed by atoms with Gasteiger partial charge in [-0.05, 0) is 49.4 Å². The molecule has 1 fully saturated rings. The quantitative estimate of drug-likeness (QED) is 0.931. The van der Waals surface area contributed by atoms with E-state index in [9.17, 15) is 4.79 Å². The second kappa shape index (κ2) is 6.63. The van der Waals surface area contributed by atoms with E-state index in [1.54, 1.807) is 23.0 Å². The van der Waals surface area contributed by atoms with Gasteiger partial charge in [-0.25, -0.2) is 4.68 Å². The third kappa shape index (κ3) is 3.55. The maximum absolute atomic E-state index is 11.8. The number of hydrogen-bond donors (Lipinski definition) is 1. The number of nitrogens with one attached hydrogen (secondary N) is 1. The van der Waals surface area contributed by atoms with Gasteiger partial charge in [-0.3, -0.25) is 9.78 Å². The molecule has 0 saturated heterocycles. The fourth-order valence-electron chi connectivity index (χ4n) is 2.93. The predicted octanol–water partition coefficient (Wildman–Crippen LogP) is 1.91. The van der Waals surface area contributed by atoms with Crippen LogP contribution < -0.4 is 10.9 Å². The zero-order valence-corrected chi connectivity index (χ0v) is 12.0. The van der Waals surface area contributed by atoms with Crippen molar-refractivity contribution in [3.05, 3.63) is 58.8 Å². The van der Waals surface area contributed by atoms with E-state index < -0.39 is 0 Å². The molecule has 0 atom stereocenters. The molecule has 1 N–H and O–H groups in total. The van der Waals surface area contributed by atoms with Gasteiger partial charge < -0.3 is 5.32 Å². The third-order valence-electron chi connectivity index (χ3n) is 4.13. The van der Waals surface area contributed by atoms with Gasteiger partial charge in [0.15, 0.2) is 0 Å². The van der Waals surface area contributed by atoms with E-state index in [1.165, 1.54) is 5.56 Å². The van der Waals surface area contributed by atoms with Crippen molar-refractivity contribution in [1.29, 1.82) is 0 Å². The smallest absolute Gasteiger partial charge is 0.266 e. The summed E-state index contributed by atoms with van der Waals surface area (Å²) in [4.78, 5) is 15.8. The van der Waals surface area contributed by atoms with Crippen LogP contribution in [0.5, 0.6) is 0 Å². The van der Waals surface area contributed by atoms with Crippen LogP contribution >= 0.6 is 0 Å². The molecule has 0 bridgehead atoms. The number of nitrogens with zero attached hydrogens (tertiary/aromatic N) is 3. The molecular formula is C16H20N4O. The van der Waals surface area contributed by atoms with Crippen LogP contribution in [0.2, 0.25) is 0 Å². The number of aromatic nitrogens is 3. The Morgan fingerprint density at radius 3 is 2.57 bits per heavy atom. The van der Waals surface area contributed by atoms with Crippen molar-refractivity contribution >= 4 is 0 Å². The van der Waals surface area contributed by atoms with Crippen LogP contribution in [0.3, 0.4) is 0 Å². The third-order valence-corrected chi connectivity index (χ3v) is 4.13. The van der Waals surface area contributed by atoms with Gasteiger partial charge >= 0.3 is 0 Å². The van der Waals surface area contributed by atoms with E-state index >= 15 is 0 Å². The molecule has 0 aromatic carbocycles. The van der Waals surface area contributed by atoms with E-state index in [0.717, 1.165) is 32.2 Å². The maximum Gasteiger partial charge on any atom is 0.266 e. The summed E-state index contributed by atoms with van der Waals surface area (Å²) in [6.45, 7) is 0.876. The van der Waals surface area contributed by atoms with Gasteiger partial charge in [-0.15, -0.1) is 0 Å². The monoisotopic (exact) mass is 284 g/mol. The zero-order valence-electron chi connectivity index (χ0n) is 12.0. The molecular weight excluding hydrogens is 264 g/mol. The minimum Gasteiger partial charge on any atom is -0.310 e. The first kappa shape index (κ1) is 13.9. The van der Waals surface area contributed by atoms with E-state index in [0.29, 0.717) is 6.04 Å². The molecule has 1 aliphatic rings. The van der Waals surface area contributed by atoms with Crippen LogP contribution in [0.15, 0.2) is 47.7 Å². The minimum absolute atomic E-state index is 0.00527. The topological polar surface area (TPSA) is 59.8 Å². The Hall–Kier alpha value is -2.01. The van der Waals surface area contributed by atoms with Crippen LogP contribution in [0.25, 0.3) is 0 Å². The molecule has 2 aromatic heterocycles. The van der Waals surface area contributed by atoms with Gasteiger partial charge in [0.25, 0.3) is 5.56 Å². The Bertz CT molecular complexity index is 617. The molecule has 0 aliphatic heterocycles. The minimum atomic E-state index is 0.00527. The molecule has 0 unspecified atom stereocenters. The highest BCUT2D eigenvalue weighted by atomic mass is 16.1.